The summed E-state index contributed by atoms with van der Waals surface area (Å²) < 4.78 is 0. The summed E-state index contributed by atoms with van der Waals surface area (Å²) in [6, 6.07) is 25.0. The monoisotopic (exact) mass is 304 g/mol. The van der Waals surface area contributed by atoms with Gasteiger partial charge in [0.1, 0.15) is 0 Å². The standard InChI is InChI=1S/C21H24N2/c1-15(18-13-7-11-17-10-5-6-12-19(17)18)21(23)20(22)14-16-8-3-2-4-9-16/h2-13,15,20-21H,14,22-23H2,1H3. The molecule has 0 saturated carbocycles. The Balaban J connectivity index is 1.82. The molecule has 0 aliphatic rings. The predicted octanol–water partition coefficient (Wildman–Crippen LogP) is 3.84. The number of rotatable bonds is 5. The Morgan fingerprint density at radius 3 is 2.22 bits per heavy atom. The van der Waals surface area contributed by atoms with Crippen molar-refractivity contribution in [3.8, 4) is 0 Å². The molecule has 118 valence electrons. The number of hydrogen-bond acceptors (Lipinski definition) is 2. The predicted molar refractivity (Wildman–Crippen MR) is 98.5 cm³/mol. The largest absolute Gasteiger partial charge is 0.326 e. The number of fused-ring (bicyclic) bond motifs is 1. The first-order valence-corrected chi connectivity index (χ1v) is 8.19. The normalized spacial score (nSPS) is 15.3. The summed E-state index contributed by atoms with van der Waals surface area (Å²) in [7, 11) is 0. The molecule has 23 heavy (non-hydrogen) atoms. The van der Waals surface area contributed by atoms with Crippen LogP contribution in [-0.2, 0) is 6.42 Å². The van der Waals surface area contributed by atoms with Gasteiger partial charge in [-0.1, -0.05) is 79.7 Å². The summed E-state index contributed by atoms with van der Waals surface area (Å²) in [5, 5.41) is 2.52. The van der Waals surface area contributed by atoms with Gasteiger partial charge in [-0.25, -0.2) is 0 Å². The maximum absolute atomic E-state index is 6.51. The molecule has 0 bridgehead atoms. The average Bonchev–Trinajstić information content (AvgIpc) is 2.60. The van der Waals surface area contributed by atoms with Gasteiger partial charge >= 0.3 is 0 Å². The van der Waals surface area contributed by atoms with Gasteiger partial charge in [0.25, 0.3) is 0 Å². The van der Waals surface area contributed by atoms with Gasteiger partial charge in [-0.3, -0.25) is 0 Å². The van der Waals surface area contributed by atoms with E-state index in [1.54, 1.807) is 0 Å². The van der Waals surface area contributed by atoms with Crippen LogP contribution in [0.25, 0.3) is 10.8 Å². The highest BCUT2D eigenvalue weighted by molar-refractivity contribution is 5.86. The Bertz CT molecular complexity index is 762. The van der Waals surface area contributed by atoms with Crippen molar-refractivity contribution in [2.45, 2.75) is 31.3 Å². The number of benzene rings is 3. The Labute approximate surface area is 138 Å². The lowest BCUT2D eigenvalue weighted by molar-refractivity contribution is 0.464. The summed E-state index contributed by atoms with van der Waals surface area (Å²) >= 11 is 0. The fourth-order valence-electron chi connectivity index (χ4n) is 3.25. The van der Waals surface area contributed by atoms with E-state index >= 15 is 0 Å². The molecule has 0 heterocycles. The lowest BCUT2D eigenvalue weighted by Gasteiger charge is -2.27. The maximum atomic E-state index is 6.51. The molecule has 0 aliphatic carbocycles. The summed E-state index contributed by atoms with van der Waals surface area (Å²) in [6.45, 7) is 2.18. The average molecular weight is 304 g/mol. The van der Waals surface area contributed by atoms with Crippen LogP contribution in [0.3, 0.4) is 0 Å². The van der Waals surface area contributed by atoms with Crippen molar-refractivity contribution in [3.63, 3.8) is 0 Å². The Morgan fingerprint density at radius 2 is 1.43 bits per heavy atom. The molecule has 3 aromatic carbocycles. The van der Waals surface area contributed by atoms with Crippen LogP contribution in [-0.4, -0.2) is 12.1 Å². The molecule has 2 heteroatoms. The minimum Gasteiger partial charge on any atom is -0.326 e. The Morgan fingerprint density at radius 1 is 0.783 bits per heavy atom. The molecule has 3 rings (SSSR count). The van der Waals surface area contributed by atoms with Crippen molar-refractivity contribution in [2.24, 2.45) is 11.5 Å². The second kappa shape index (κ2) is 6.95. The van der Waals surface area contributed by atoms with E-state index in [-0.39, 0.29) is 18.0 Å². The van der Waals surface area contributed by atoms with Crippen LogP contribution in [0, 0.1) is 0 Å². The molecule has 3 aromatic rings. The smallest absolute Gasteiger partial charge is 0.0262 e. The van der Waals surface area contributed by atoms with E-state index in [0.29, 0.717) is 0 Å². The van der Waals surface area contributed by atoms with Crippen molar-refractivity contribution in [1.82, 2.24) is 0 Å². The molecule has 2 nitrogen and oxygen atoms in total. The highest BCUT2D eigenvalue weighted by Gasteiger charge is 2.23. The van der Waals surface area contributed by atoms with E-state index < -0.39 is 0 Å². The second-order valence-corrected chi connectivity index (χ2v) is 6.29. The molecule has 3 atom stereocenters. The molecule has 0 aliphatic heterocycles. The van der Waals surface area contributed by atoms with Crippen molar-refractivity contribution in [1.29, 1.82) is 0 Å². The van der Waals surface area contributed by atoms with Crippen LogP contribution in [0.1, 0.15) is 24.0 Å². The van der Waals surface area contributed by atoms with Gasteiger partial charge in [0.05, 0.1) is 0 Å². The fraction of sp³-hybridized carbons (Fsp3) is 0.238. The Kier molecular flexibility index (Phi) is 4.75. The molecule has 0 saturated heterocycles. The van der Waals surface area contributed by atoms with Crippen LogP contribution in [0.2, 0.25) is 0 Å². The van der Waals surface area contributed by atoms with E-state index in [1.807, 2.05) is 18.2 Å². The van der Waals surface area contributed by atoms with Crippen molar-refractivity contribution >= 4 is 10.8 Å². The SMILES string of the molecule is CC(c1cccc2ccccc12)C(N)C(N)Cc1ccccc1. The van der Waals surface area contributed by atoms with Gasteiger partial charge in [-0.15, -0.1) is 0 Å². The molecule has 3 unspecified atom stereocenters. The number of hydrogen-bond donors (Lipinski definition) is 2. The highest BCUT2D eigenvalue weighted by Crippen LogP contribution is 2.28. The fourth-order valence-corrected chi connectivity index (χ4v) is 3.25. The van der Waals surface area contributed by atoms with Crippen molar-refractivity contribution in [2.75, 3.05) is 0 Å². The summed E-state index contributed by atoms with van der Waals surface area (Å²) in [4.78, 5) is 0. The van der Waals surface area contributed by atoms with Crippen molar-refractivity contribution in [3.05, 3.63) is 83.9 Å². The number of nitrogens with two attached hydrogens (primary N) is 2. The molecule has 4 N–H and O–H groups in total. The zero-order chi connectivity index (χ0) is 16.2. The third-order valence-electron chi connectivity index (χ3n) is 4.70. The summed E-state index contributed by atoms with van der Waals surface area (Å²) in [5.41, 5.74) is 15.4. The van der Waals surface area contributed by atoms with Crippen LogP contribution < -0.4 is 11.5 Å². The topological polar surface area (TPSA) is 52.0 Å². The molecular formula is C21H24N2. The van der Waals surface area contributed by atoms with E-state index in [1.165, 1.54) is 21.9 Å². The van der Waals surface area contributed by atoms with Gasteiger partial charge in [0.2, 0.25) is 0 Å². The quantitative estimate of drug-likeness (QED) is 0.752. The Hall–Kier alpha value is -2.16. The first kappa shape index (κ1) is 15.7. The lowest BCUT2D eigenvalue weighted by atomic mass is 9.85. The first-order valence-electron chi connectivity index (χ1n) is 8.19. The zero-order valence-corrected chi connectivity index (χ0v) is 13.5. The molecule has 0 fully saturated rings. The van der Waals surface area contributed by atoms with Gasteiger partial charge in [0.15, 0.2) is 0 Å². The van der Waals surface area contributed by atoms with Crippen LogP contribution in [0.15, 0.2) is 72.8 Å². The van der Waals surface area contributed by atoms with Crippen molar-refractivity contribution < 1.29 is 0 Å². The zero-order valence-electron chi connectivity index (χ0n) is 13.5. The van der Waals surface area contributed by atoms with E-state index in [4.69, 9.17) is 11.5 Å². The molecule has 0 spiro atoms. The molecule has 0 aromatic heterocycles. The van der Waals surface area contributed by atoms with Gasteiger partial charge in [0, 0.05) is 12.1 Å². The van der Waals surface area contributed by atoms with Gasteiger partial charge < -0.3 is 11.5 Å². The molecule has 0 radical (unpaired) electrons. The minimum absolute atomic E-state index is 0.0635. The van der Waals surface area contributed by atoms with Crippen LogP contribution >= 0.6 is 0 Å². The minimum atomic E-state index is -0.0824. The summed E-state index contributed by atoms with van der Waals surface area (Å²) in [6.07, 6.45) is 0.803. The van der Waals surface area contributed by atoms with Gasteiger partial charge in [-0.05, 0) is 34.2 Å². The first-order chi connectivity index (χ1) is 11.2. The van der Waals surface area contributed by atoms with E-state index in [0.717, 1.165) is 6.42 Å². The van der Waals surface area contributed by atoms with Gasteiger partial charge in [-0.2, -0.15) is 0 Å². The third-order valence-corrected chi connectivity index (χ3v) is 4.70. The molecular weight excluding hydrogens is 280 g/mol. The summed E-state index contributed by atoms with van der Waals surface area (Å²) in [5.74, 6) is 0.208. The maximum Gasteiger partial charge on any atom is 0.0262 e. The highest BCUT2D eigenvalue weighted by atomic mass is 14.8. The second-order valence-electron chi connectivity index (χ2n) is 6.29. The lowest BCUT2D eigenvalue weighted by Crippen LogP contribution is -2.46. The third kappa shape index (κ3) is 3.44. The van der Waals surface area contributed by atoms with Crippen LogP contribution in [0.4, 0.5) is 0 Å². The van der Waals surface area contributed by atoms with Crippen LogP contribution in [0.5, 0.6) is 0 Å². The van der Waals surface area contributed by atoms with E-state index in [2.05, 4.69) is 61.5 Å². The molecule has 0 amide bonds. The van der Waals surface area contributed by atoms with E-state index in [9.17, 15) is 0 Å².